The molecule has 0 aliphatic heterocycles. The number of hydrogen-bond acceptors (Lipinski definition) is 7. The lowest BCUT2D eigenvalue weighted by Crippen LogP contribution is -2.22. The number of anilines is 3. The number of nitrogens with zero attached hydrogens (tertiary/aromatic N) is 5. The number of halogens is 1. The Morgan fingerprint density at radius 1 is 1.19 bits per heavy atom. The monoisotopic (exact) mass is 370 g/mol. The van der Waals surface area contributed by atoms with Gasteiger partial charge in [0.25, 0.3) is 0 Å². The number of aromatic nitrogens is 3. The molecule has 1 N–H and O–H groups in total. The lowest BCUT2D eigenvalue weighted by molar-refractivity contribution is 0.843. The van der Waals surface area contributed by atoms with E-state index in [1.807, 2.05) is 37.9 Å². The van der Waals surface area contributed by atoms with E-state index in [0.29, 0.717) is 17.8 Å². The molecule has 2 rings (SSSR count). The number of nitrogens with one attached hydrogen (secondary N) is 1. The summed E-state index contributed by atoms with van der Waals surface area (Å²) in [6.07, 6.45) is 0. The van der Waals surface area contributed by atoms with E-state index in [1.54, 1.807) is 11.3 Å². The van der Waals surface area contributed by atoms with E-state index in [9.17, 15) is 0 Å². The second-order valence-corrected chi connectivity index (χ2v) is 7.09. The van der Waals surface area contributed by atoms with Crippen LogP contribution in [0, 0.1) is 0 Å². The number of thiophene rings is 1. The van der Waals surface area contributed by atoms with Crippen LogP contribution in [0.2, 0.25) is 0 Å². The van der Waals surface area contributed by atoms with Crippen molar-refractivity contribution in [3.8, 4) is 0 Å². The van der Waals surface area contributed by atoms with E-state index >= 15 is 0 Å². The maximum Gasteiger partial charge on any atom is 0.232 e. The molecular formula is C13H19BrN6S. The molecule has 0 saturated carbocycles. The minimum Gasteiger partial charge on any atom is -0.354 e. The minimum absolute atomic E-state index is 0.601. The van der Waals surface area contributed by atoms with Crippen molar-refractivity contribution >= 4 is 45.1 Å². The summed E-state index contributed by atoms with van der Waals surface area (Å²) in [7, 11) is 5.83. The Bertz CT molecular complexity index is 600. The third-order valence-electron chi connectivity index (χ3n) is 2.73. The highest BCUT2D eigenvalue weighted by Gasteiger charge is 2.12. The lowest BCUT2D eigenvalue weighted by Gasteiger charge is -2.19. The second-order valence-electron chi connectivity index (χ2n) is 4.80. The smallest absolute Gasteiger partial charge is 0.232 e. The molecule has 0 fully saturated rings. The second kappa shape index (κ2) is 7.04. The Morgan fingerprint density at radius 3 is 2.48 bits per heavy atom. The fourth-order valence-electron chi connectivity index (χ4n) is 1.74. The highest BCUT2D eigenvalue weighted by molar-refractivity contribution is 9.11. The molecule has 0 aliphatic carbocycles. The molecule has 2 aromatic rings. The van der Waals surface area contributed by atoms with Gasteiger partial charge in [0, 0.05) is 34.2 Å². The third-order valence-corrected chi connectivity index (χ3v) is 4.28. The minimum atomic E-state index is 0.601. The Morgan fingerprint density at radius 2 is 1.90 bits per heavy atom. The van der Waals surface area contributed by atoms with Gasteiger partial charge in [-0.05, 0) is 39.9 Å². The molecule has 0 saturated heterocycles. The first-order valence-corrected chi connectivity index (χ1v) is 8.28. The van der Waals surface area contributed by atoms with Gasteiger partial charge in [-0.1, -0.05) is 0 Å². The first-order valence-electron chi connectivity index (χ1n) is 6.61. The van der Waals surface area contributed by atoms with E-state index in [0.717, 1.165) is 16.9 Å². The summed E-state index contributed by atoms with van der Waals surface area (Å²) in [6, 6.07) is 2.11. The van der Waals surface area contributed by atoms with E-state index in [1.165, 1.54) is 5.56 Å². The molecule has 0 aliphatic rings. The maximum absolute atomic E-state index is 4.50. The van der Waals surface area contributed by atoms with Crippen molar-refractivity contribution in [1.29, 1.82) is 0 Å². The van der Waals surface area contributed by atoms with Gasteiger partial charge in [-0.2, -0.15) is 15.0 Å². The predicted octanol–water partition coefficient (Wildman–Crippen LogP) is 2.83. The van der Waals surface area contributed by atoms with Crippen LogP contribution in [0.4, 0.5) is 17.8 Å². The predicted molar refractivity (Wildman–Crippen MR) is 92.4 cm³/mol. The van der Waals surface area contributed by atoms with Crippen LogP contribution in [-0.2, 0) is 6.54 Å². The molecule has 0 atom stereocenters. The van der Waals surface area contributed by atoms with E-state index in [-0.39, 0.29) is 0 Å². The largest absolute Gasteiger partial charge is 0.354 e. The van der Waals surface area contributed by atoms with Crippen LogP contribution in [0.15, 0.2) is 15.2 Å². The molecule has 0 unspecified atom stereocenters. The Hall–Kier alpha value is -1.41. The summed E-state index contributed by atoms with van der Waals surface area (Å²) in [4.78, 5) is 17.2. The molecule has 114 valence electrons. The summed E-state index contributed by atoms with van der Waals surface area (Å²) in [5, 5.41) is 5.27. The molecule has 0 bridgehead atoms. The molecular weight excluding hydrogens is 352 g/mol. The van der Waals surface area contributed by atoms with E-state index < -0.39 is 0 Å². The van der Waals surface area contributed by atoms with Crippen LogP contribution >= 0.6 is 27.3 Å². The summed E-state index contributed by atoms with van der Waals surface area (Å²) < 4.78 is 1.13. The van der Waals surface area contributed by atoms with Crippen molar-refractivity contribution in [3.05, 3.63) is 20.8 Å². The molecule has 0 radical (unpaired) electrons. The Labute approximate surface area is 137 Å². The third kappa shape index (κ3) is 4.28. The first-order chi connectivity index (χ1) is 9.99. The summed E-state index contributed by atoms with van der Waals surface area (Å²) >= 11 is 5.16. The van der Waals surface area contributed by atoms with Crippen LogP contribution in [-0.4, -0.2) is 42.6 Å². The lowest BCUT2D eigenvalue weighted by atomic mass is 10.3. The molecule has 0 amide bonds. The van der Waals surface area contributed by atoms with Crippen molar-refractivity contribution in [2.45, 2.75) is 13.5 Å². The van der Waals surface area contributed by atoms with E-state index in [2.05, 4.69) is 47.6 Å². The quantitative estimate of drug-likeness (QED) is 0.843. The topological polar surface area (TPSA) is 57.2 Å². The molecule has 6 nitrogen and oxygen atoms in total. The first kappa shape index (κ1) is 16.0. The zero-order valence-electron chi connectivity index (χ0n) is 12.6. The van der Waals surface area contributed by atoms with Gasteiger partial charge in [0.2, 0.25) is 17.8 Å². The van der Waals surface area contributed by atoms with Crippen LogP contribution < -0.4 is 15.1 Å². The van der Waals surface area contributed by atoms with Crippen LogP contribution in [0.25, 0.3) is 0 Å². The maximum atomic E-state index is 4.50. The van der Waals surface area contributed by atoms with Gasteiger partial charge >= 0.3 is 0 Å². The summed E-state index contributed by atoms with van der Waals surface area (Å²) in [6.45, 7) is 3.55. The van der Waals surface area contributed by atoms with Crippen LogP contribution in [0.5, 0.6) is 0 Å². The van der Waals surface area contributed by atoms with Gasteiger partial charge in [0.15, 0.2) is 0 Å². The average molecular weight is 371 g/mol. The summed E-state index contributed by atoms with van der Waals surface area (Å²) in [5.74, 6) is 1.91. The Kier molecular flexibility index (Phi) is 5.35. The standard InChI is InChI=1S/C13H19BrN6S/c1-5-15-11-16-12(19(2)3)18-13(17-11)20(4)7-9-6-10(14)21-8-9/h6,8H,5,7H2,1-4H3,(H,15,16,17,18). The fourth-order valence-corrected chi connectivity index (χ4v) is 2.94. The normalized spacial score (nSPS) is 10.5. The highest BCUT2D eigenvalue weighted by atomic mass is 79.9. The van der Waals surface area contributed by atoms with Crippen molar-refractivity contribution in [2.24, 2.45) is 0 Å². The summed E-state index contributed by atoms with van der Waals surface area (Å²) in [5.41, 5.74) is 1.23. The average Bonchev–Trinajstić information content (AvgIpc) is 2.84. The van der Waals surface area contributed by atoms with Crippen LogP contribution in [0.1, 0.15) is 12.5 Å². The number of rotatable bonds is 6. The van der Waals surface area contributed by atoms with Gasteiger partial charge in [-0.25, -0.2) is 0 Å². The fraction of sp³-hybridized carbons (Fsp3) is 0.462. The molecule has 0 aromatic carbocycles. The highest BCUT2D eigenvalue weighted by Crippen LogP contribution is 2.23. The molecule has 2 aromatic heterocycles. The SMILES string of the molecule is CCNc1nc(N(C)C)nc(N(C)Cc2csc(Br)c2)n1. The molecule has 21 heavy (non-hydrogen) atoms. The van der Waals surface area contributed by atoms with Crippen molar-refractivity contribution in [1.82, 2.24) is 15.0 Å². The zero-order valence-corrected chi connectivity index (χ0v) is 15.0. The molecule has 2 heterocycles. The van der Waals surface area contributed by atoms with Gasteiger partial charge in [0.05, 0.1) is 3.79 Å². The van der Waals surface area contributed by atoms with Crippen molar-refractivity contribution in [3.63, 3.8) is 0 Å². The molecule has 0 spiro atoms. The molecule has 8 heteroatoms. The van der Waals surface area contributed by atoms with Gasteiger partial charge in [-0.15, -0.1) is 11.3 Å². The van der Waals surface area contributed by atoms with Crippen molar-refractivity contribution < 1.29 is 0 Å². The van der Waals surface area contributed by atoms with Gasteiger partial charge in [0.1, 0.15) is 0 Å². The Balaban J connectivity index is 2.24. The zero-order chi connectivity index (χ0) is 15.4. The number of hydrogen-bond donors (Lipinski definition) is 1. The van der Waals surface area contributed by atoms with Gasteiger partial charge in [-0.3, -0.25) is 0 Å². The van der Waals surface area contributed by atoms with Crippen LogP contribution in [0.3, 0.4) is 0 Å². The van der Waals surface area contributed by atoms with Crippen molar-refractivity contribution in [2.75, 3.05) is 42.8 Å². The van der Waals surface area contributed by atoms with E-state index in [4.69, 9.17) is 0 Å². The van der Waals surface area contributed by atoms with Gasteiger partial charge < -0.3 is 15.1 Å².